The van der Waals surface area contributed by atoms with Gasteiger partial charge in [-0.3, -0.25) is 19.7 Å². The molecule has 3 aromatic rings. The molecule has 0 saturated carbocycles. The van der Waals surface area contributed by atoms with Gasteiger partial charge in [0.2, 0.25) is 11.3 Å². The van der Waals surface area contributed by atoms with Crippen molar-refractivity contribution in [2.45, 2.75) is 63.2 Å². The molecule has 3 unspecified atom stereocenters. The molecule has 0 saturated heterocycles. The van der Waals surface area contributed by atoms with Crippen molar-refractivity contribution in [3.05, 3.63) is 86.2 Å². The van der Waals surface area contributed by atoms with Crippen molar-refractivity contribution in [3.8, 4) is 5.75 Å². The van der Waals surface area contributed by atoms with Crippen LogP contribution in [0.3, 0.4) is 0 Å². The number of amides is 1. The van der Waals surface area contributed by atoms with Gasteiger partial charge in [0, 0.05) is 28.3 Å². The zero-order valence-electron chi connectivity index (χ0n) is 22.2. The molecule has 1 amide bonds. The van der Waals surface area contributed by atoms with E-state index in [0.717, 1.165) is 16.9 Å². The smallest absolute Gasteiger partial charge is 0.280 e. The molecule has 2 aliphatic rings. The van der Waals surface area contributed by atoms with Crippen LogP contribution in [0, 0.1) is 17.0 Å². The Morgan fingerprint density at radius 1 is 1.29 bits per heavy atom. The van der Waals surface area contributed by atoms with Crippen molar-refractivity contribution in [2.24, 2.45) is 0 Å². The van der Waals surface area contributed by atoms with Crippen LogP contribution < -0.4 is 10.1 Å². The first-order valence-electron chi connectivity index (χ1n) is 12.5. The van der Waals surface area contributed by atoms with E-state index in [1.807, 2.05) is 40.0 Å². The summed E-state index contributed by atoms with van der Waals surface area (Å²) in [4.78, 5) is 42.6. The molecule has 2 heterocycles. The fourth-order valence-corrected chi connectivity index (χ4v) is 5.80. The monoisotopic (exact) mass is 537 g/mol. The normalized spacial score (nSPS) is 21.4. The molecule has 0 fully saturated rings. The standard InChI is InChI=1S/C26H25N3O6S.C2H6/c1-5-13(2)15-9-10-17-19(11-15)35-26(32)21-16(7-6-8-18(21)29(33)34)23(30)25(17,26)28-24(31)22-14(3)20(36-4)12-27-22;1-2/h6-13,27,32H,5H2,1-4H3,(H,28,31);1-2H3. The SMILES string of the molecule is CC.CCC(C)c1ccc2c(c1)OC1(O)c3c(cccc3[N+](=O)[O-])C(=O)C21NC(=O)c1[nH]cc(SC)c1C. The van der Waals surface area contributed by atoms with Crippen LogP contribution in [-0.4, -0.2) is 33.0 Å². The minimum atomic E-state index is -2.52. The van der Waals surface area contributed by atoms with Gasteiger partial charge in [0.1, 0.15) is 17.0 Å². The first kappa shape index (κ1) is 27.4. The van der Waals surface area contributed by atoms with Gasteiger partial charge in [0.05, 0.1) is 4.92 Å². The minimum Gasteiger partial charge on any atom is -0.454 e. The number of aromatic amines is 1. The molecule has 1 aromatic heterocycles. The Bertz CT molecular complexity index is 1450. The van der Waals surface area contributed by atoms with Gasteiger partial charge in [-0.25, -0.2) is 0 Å². The predicted octanol–water partition coefficient (Wildman–Crippen LogP) is 5.55. The van der Waals surface area contributed by atoms with E-state index in [0.29, 0.717) is 5.56 Å². The fourth-order valence-electron chi connectivity index (χ4n) is 5.21. The summed E-state index contributed by atoms with van der Waals surface area (Å²) in [6, 6.07) is 9.19. The van der Waals surface area contributed by atoms with E-state index in [4.69, 9.17) is 4.74 Å². The van der Waals surface area contributed by atoms with Gasteiger partial charge in [-0.05, 0) is 42.7 Å². The summed E-state index contributed by atoms with van der Waals surface area (Å²) in [5.74, 6) is -3.47. The molecule has 3 N–H and O–H groups in total. The van der Waals surface area contributed by atoms with Gasteiger partial charge < -0.3 is 20.1 Å². The molecule has 2 aromatic carbocycles. The van der Waals surface area contributed by atoms with E-state index in [-0.39, 0.29) is 34.1 Å². The number of nitrogens with zero attached hydrogens (tertiary/aromatic N) is 1. The second kappa shape index (κ2) is 9.92. The number of hydrogen-bond donors (Lipinski definition) is 3. The summed E-state index contributed by atoms with van der Waals surface area (Å²) in [5.41, 5.74) is -0.851. The van der Waals surface area contributed by atoms with Crippen molar-refractivity contribution in [2.75, 3.05) is 6.26 Å². The number of carbonyl (C=O) groups is 2. The Hall–Kier alpha value is -3.63. The number of benzene rings is 2. The summed E-state index contributed by atoms with van der Waals surface area (Å²) in [5, 5.41) is 26.7. The lowest BCUT2D eigenvalue weighted by atomic mass is 9.81. The van der Waals surface area contributed by atoms with Crippen LogP contribution >= 0.6 is 11.8 Å². The molecule has 10 heteroatoms. The zero-order valence-corrected chi connectivity index (χ0v) is 23.0. The highest BCUT2D eigenvalue weighted by Crippen LogP contribution is 2.60. The molecule has 38 heavy (non-hydrogen) atoms. The largest absolute Gasteiger partial charge is 0.454 e. The van der Waals surface area contributed by atoms with E-state index in [9.17, 15) is 24.8 Å². The van der Waals surface area contributed by atoms with Gasteiger partial charge in [0.15, 0.2) is 0 Å². The maximum absolute atomic E-state index is 14.0. The van der Waals surface area contributed by atoms with Crippen LogP contribution in [0.4, 0.5) is 5.69 Å². The molecular weight excluding hydrogens is 506 g/mol. The second-order valence-electron chi connectivity index (χ2n) is 9.16. The molecular formula is C28H31N3O6S. The molecule has 0 bridgehead atoms. The number of ketones is 1. The number of H-pyrrole nitrogens is 1. The number of nitrogens with one attached hydrogen (secondary N) is 2. The molecule has 0 radical (unpaired) electrons. The average Bonchev–Trinajstić information content (AvgIpc) is 3.48. The Morgan fingerprint density at radius 2 is 2.00 bits per heavy atom. The Kier molecular flexibility index (Phi) is 7.15. The summed E-state index contributed by atoms with van der Waals surface area (Å²) in [7, 11) is 0. The lowest BCUT2D eigenvalue weighted by Crippen LogP contribution is -2.60. The second-order valence-corrected chi connectivity index (χ2v) is 10.0. The topological polar surface area (TPSA) is 135 Å². The maximum atomic E-state index is 14.0. The number of Topliss-reactive ketones (excluding diaryl/α,β-unsaturated/α-hetero) is 1. The van der Waals surface area contributed by atoms with Crippen molar-refractivity contribution in [3.63, 3.8) is 0 Å². The first-order chi connectivity index (χ1) is 18.1. The predicted molar refractivity (Wildman–Crippen MR) is 145 cm³/mol. The van der Waals surface area contributed by atoms with Crippen LogP contribution in [-0.2, 0) is 11.3 Å². The Labute approximate surface area is 225 Å². The number of fused-ring (bicyclic) bond motifs is 5. The summed E-state index contributed by atoms with van der Waals surface area (Å²) in [6.07, 6.45) is 4.41. The highest BCUT2D eigenvalue weighted by Gasteiger charge is 2.73. The molecule has 1 aliphatic carbocycles. The summed E-state index contributed by atoms with van der Waals surface area (Å²) >= 11 is 1.46. The van der Waals surface area contributed by atoms with Crippen molar-refractivity contribution < 1.29 is 24.4 Å². The molecule has 0 spiro atoms. The molecule has 1 aliphatic heterocycles. The molecule has 200 valence electrons. The van der Waals surface area contributed by atoms with Gasteiger partial charge >= 0.3 is 0 Å². The number of thioether (sulfide) groups is 1. The third-order valence-electron chi connectivity index (χ3n) is 7.36. The lowest BCUT2D eigenvalue weighted by Gasteiger charge is -2.34. The van der Waals surface area contributed by atoms with E-state index in [1.165, 1.54) is 30.0 Å². The number of aliphatic hydroxyl groups is 1. The number of carbonyl (C=O) groups excluding carboxylic acids is 2. The van der Waals surface area contributed by atoms with Gasteiger partial charge in [-0.2, -0.15) is 0 Å². The van der Waals surface area contributed by atoms with Crippen molar-refractivity contribution in [1.82, 2.24) is 10.3 Å². The minimum absolute atomic E-state index is 0.0725. The number of ether oxygens (including phenoxy) is 1. The highest BCUT2D eigenvalue weighted by molar-refractivity contribution is 7.98. The number of aromatic nitrogens is 1. The van der Waals surface area contributed by atoms with E-state index >= 15 is 0 Å². The van der Waals surface area contributed by atoms with Crippen LogP contribution in [0.2, 0.25) is 0 Å². The average molecular weight is 538 g/mol. The van der Waals surface area contributed by atoms with Gasteiger partial charge in [-0.15, -0.1) is 11.8 Å². The summed E-state index contributed by atoms with van der Waals surface area (Å²) < 4.78 is 6.04. The molecule has 9 nitrogen and oxygen atoms in total. The third-order valence-corrected chi connectivity index (χ3v) is 8.22. The number of hydrogen-bond acceptors (Lipinski definition) is 7. The summed E-state index contributed by atoms with van der Waals surface area (Å²) in [6.45, 7) is 9.84. The first-order valence-corrected chi connectivity index (χ1v) is 13.8. The van der Waals surface area contributed by atoms with Crippen LogP contribution in [0.1, 0.15) is 83.1 Å². The Morgan fingerprint density at radius 3 is 2.61 bits per heavy atom. The zero-order chi connectivity index (χ0) is 28.0. The molecule has 5 rings (SSSR count). The van der Waals surface area contributed by atoms with Crippen LogP contribution in [0.15, 0.2) is 47.5 Å². The van der Waals surface area contributed by atoms with E-state index in [2.05, 4.69) is 10.3 Å². The Balaban J connectivity index is 0.00000164. The van der Waals surface area contributed by atoms with E-state index < -0.39 is 33.6 Å². The molecule has 3 atom stereocenters. The van der Waals surface area contributed by atoms with Crippen molar-refractivity contribution >= 4 is 29.1 Å². The highest BCUT2D eigenvalue weighted by atomic mass is 32.2. The third kappa shape index (κ3) is 3.65. The number of nitro benzene ring substituents is 1. The van der Waals surface area contributed by atoms with Crippen molar-refractivity contribution in [1.29, 1.82) is 0 Å². The van der Waals surface area contributed by atoms with Crippen LogP contribution in [0.5, 0.6) is 5.75 Å². The van der Waals surface area contributed by atoms with Gasteiger partial charge in [0.25, 0.3) is 17.4 Å². The lowest BCUT2D eigenvalue weighted by molar-refractivity contribution is -0.388. The maximum Gasteiger partial charge on any atom is 0.280 e. The fraction of sp³-hybridized carbons (Fsp3) is 0.357. The van der Waals surface area contributed by atoms with Crippen LogP contribution in [0.25, 0.3) is 0 Å². The quantitative estimate of drug-likeness (QED) is 0.213. The number of nitro groups is 1. The van der Waals surface area contributed by atoms with Gasteiger partial charge in [-0.1, -0.05) is 52.0 Å². The van der Waals surface area contributed by atoms with E-state index in [1.54, 1.807) is 25.3 Å². The number of rotatable bonds is 6.